The number of carbonyl (C=O) groups is 2. The molecule has 0 aliphatic carbocycles. The lowest BCUT2D eigenvalue weighted by Gasteiger charge is -2.05. The highest BCUT2D eigenvalue weighted by Crippen LogP contribution is 2.14. The van der Waals surface area contributed by atoms with Gasteiger partial charge >= 0.3 is 0 Å². The van der Waals surface area contributed by atoms with Crippen LogP contribution in [0.4, 0.5) is 11.4 Å². The number of nitrogens with one attached hydrogen (secondary N) is 2. The Labute approximate surface area is 136 Å². The van der Waals surface area contributed by atoms with E-state index in [0.29, 0.717) is 5.56 Å². The van der Waals surface area contributed by atoms with Crippen LogP contribution in [-0.4, -0.2) is 11.7 Å². The van der Waals surface area contributed by atoms with Crippen molar-refractivity contribution in [3.8, 4) is 0 Å². The summed E-state index contributed by atoms with van der Waals surface area (Å²) < 4.78 is 0. The molecule has 0 atom stereocenters. The number of allylic oxidation sites excluding steroid dienone is 1. The Kier molecular flexibility index (Phi) is 5.31. The van der Waals surface area contributed by atoms with Gasteiger partial charge in [0.25, 0.3) is 0 Å². The molecule has 0 aromatic heterocycles. The Hall–Kier alpha value is -2.88. The van der Waals surface area contributed by atoms with Crippen molar-refractivity contribution in [2.24, 2.45) is 0 Å². The van der Waals surface area contributed by atoms with E-state index in [2.05, 4.69) is 10.6 Å². The van der Waals surface area contributed by atoms with Gasteiger partial charge in [-0.25, -0.2) is 0 Å². The summed E-state index contributed by atoms with van der Waals surface area (Å²) in [5, 5.41) is 5.75. The molecule has 2 rings (SSSR count). The summed E-state index contributed by atoms with van der Waals surface area (Å²) in [6, 6.07) is 13.1. The molecule has 0 spiro atoms. The summed E-state index contributed by atoms with van der Waals surface area (Å²) in [5.74, 6) is -0.140. The van der Waals surface area contributed by atoms with Crippen molar-refractivity contribution in [1.29, 1.82) is 0 Å². The topological polar surface area (TPSA) is 58.2 Å². The average Bonchev–Trinajstić information content (AvgIpc) is 2.51. The first kappa shape index (κ1) is 16.5. The van der Waals surface area contributed by atoms with E-state index in [1.807, 2.05) is 44.2 Å². The van der Waals surface area contributed by atoms with Crippen LogP contribution in [0.15, 0.2) is 54.7 Å². The van der Waals surface area contributed by atoms with E-state index in [1.165, 1.54) is 13.0 Å². The van der Waals surface area contributed by atoms with Crippen LogP contribution in [0.3, 0.4) is 0 Å². The van der Waals surface area contributed by atoms with Gasteiger partial charge in [-0.3, -0.25) is 9.59 Å². The van der Waals surface area contributed by atoms with E-state index in [4.69, 9.17) is 0 Å². The second kappa shape index (κ2) is 7.40. The van der Waals surface area contributed by atoms with Crippen LogP contribution in [0.5, 0.6) is 0 Å². The fraction of sp³-hybridized carbons (Fsp3) is 0.158. The molecule has 4 nitrogen and oxygen atoms in total. The summed E-state index contributed by atoms with van der Waals surface area (Å²) in [6.07, 6.45) is 3.14. The third kappa shape index (κ3) is 4.81. The lowest BCUT2D eigenvalue weighted by molar-refractivity contribution is -0.114. The minimum Gasteiger partial charge on any atom is -0.362 e. The van der Waals surface area contributed by atoms with Crippen molar-refractivity contribution < 1.29 is 9.59 Å². The van der Waals surface area contributed by atoms with Gasteiger partial charge < -0.3 is 10.6 Å². The number of benzene rings is 2. The Bertz CT molecular complexity index is 746. The lowest BCUT2D eigenvalue weighted by atomic mass is 10.0. The normalized spacial score (nSPS) is 10.6. The minimum atomic E-state index is -0.107. The van der Waals surface area contributed by atoms with Gasteiger partial charge in [0.2, 0.25) is 5.91 Å². The number of rotatable bonds is 5. The molecule has 2 aromatic rings. The molecule has 0 bridgehead atoms. The van der Waals surface area contributed by atoms with E-state index in [9.17, 15) is 9.59 Å². The minimum absolute atomic E-state index is 0.0337. The van der Waals surface area contributed by atoms with Crippen LogP contribution in [0.1, 0.15) is 28.4 Å². The van der Waals surface area contributed by atoms with Gasteiger partial charge in [-0.1, -0.05) is 17.7 Å². The predicted octanol–water partition coefficient (Wildman–Crippen LogP) is 4.07. The van der Waals surface area contributed by atoms with E-state index in [1.54, 1.807) is 18.3 Å². The Morgan fingerprint density at radius 2 is 1.61 bits per heavy atom. The molecule has 4 heteroatoms. The van der Waals surface area contributed by atoms with Crippen molar-refractivity contribution >= 4 is 23.1 Å². The fourth-order valence-electron chi connectivity index (χ4n) is 2.16. The van der Waals surface area contributed by atoms with Gasteiger partial charge in [-0.15, -0.1) is 0 Å². The maximum absolute atomic E-state index is 12.2. The van der Waals surface area contributed by atoms with Gasteiger partial charge in [-0.2, -0.15) is 0 Å². The molecule has 0 heterocycles. The average molecular weight is 308 g/mol. The quantitative estimate of drug-likeness (QED) is 0.646. The summed E-state index contributed by atoms with van der Waals surface area (Å²) in [5.41, 5.74) is 4.31. The summed E-state index contributed by atoms with van der Waals surface area (Å²) in [6.45, 7) is 5.36. The zero-order valence-corrected chi connectivity index (χ0v) is 13.5. The summed E-state index contributed by atoms with van der Waals surface area (Å²) in [4.78, 5) is 23.2. The third-order valence-electron chi connectivity index (χ3n) is 3.35. The first-order valence-electron chi connectivity index (χ1n) is 7.38. The van der Waals surface area contributed by atoms with Crippen LogP contribution < -0.4 is 10.6 Å². The summed E-state index contributed by atoms with van der Waals surface area (Å²) in [7, 11) is 0. The molecular weight excluding hydrogens is 288 g/mol. The highest BCUT2D eigenvalue weighted by molar-refractivity contribution is 6.05. The molecule has 23 heavy (non-hydrogen) atoms. The van der Waals surface area contributed by atoms with Crippen LogP contribution in [0, 0.1) is 13.8 Å². The van der Waals surface area contributed by atoms with Gasteiger partial charge in [0.15, 0.2) is 5.78 Å². The summed E-state index contributed by atoms with van der Waals surface area (Å²) >= 11 is 0. The molecule has 0 saturated carbocycles. The van der Waals surface area contributed by atoms with Gasteiger partial charge in [0.05, 0.1) is 0 Å². The largest absolute Gasteiger partial charge is 0.362 e. The highest BCUT2D eigenvalue weighted by atomic mass is 16.1. The molecule has 2 N–H and O–H groups in total. The molecule has 2 aromatic carbocycles. The monoisotopic (exact) mass is 308 g/mol. The number of amides is 1. The number of hydrogen-bond donors (Lipinski definition) is 2. The highest BCUT2D eigenvalue weighted by Gasteiger charge is 2.05. The molecule has 0 fully saturated rings. The van der Waals surface area contributed by atoms with Crippen molar-refractivity contribution in [1.82, 2.24) is 0 Å². The molecule has 1 amide bonds. The molecule has 0 radical (unpaired) electrons. The van der Waals surface area contributed by atoms with E-state index >= 15 is 0 Å². The maximum Gasteiger partial charge on any atom is 0.221 e. The van der Waals surface area contributed by atoms with Crippen molar-refractivity contribution in [3.63, 3.8) is 0 Å². The smallest absolute Gasteiger partial charge is 0.221 e. The number of hydrogen-bond acceptors (Lipinski definition) is 3. The second-order valence-corrected chi connectivity index (χ2v) is 5.42. The lowest BCUT2D eigenvalue weighted by Crippen LogP contribution is -2.05. The van der Waals surface area contributed by atoms with Gasteiger partial charge in [0, 0.05) is 36.1 Å². The molecule has 0 saturated heterocycles. The molecule has 118 valence electrons. The number of carbonyl (C=O) groups excluding carboxylic acids is 2. The van der Waals surface area contributed by atoms with Crippen LogP contribution in [0.25, 0.3) is 0 Å². The van der Waals surface area contributed by atoms with E-state index in [-0.39, 0.29) is 11.7 Å². The Morgan fingerprint density at radius 1 is 0.957 bits per heavy atom. The van der Waals surface area contributed by atoms with Crippen molar-refractivity contribution in [2.45, 2.75) is 20.8 Å². The fourth-order valence-corrected chi connectivity index (χ4v) is 2.16. The zero-order valence-electron chi connectivity index (χ0n) is 13.5. The third-order valence-corrected chi connectivity index (χ3v) is 3.35. The van der Waals surface area contributed by atoms with Gasteiger partial charge in [0.1, 0.15) is 0 Å². The first-order chi connectivity index (χ1) is 11.0. The van der Waals surface area contributed by atoms with Crippen LogP contribution in [-0.2, 0) is 4.79 Å². The Balaban J connectivity index is 1.99. The van der Waals surface area contributed by atoms with Crippen molar-refractivity contribution in [3.05, 3.63) is 71.4 Å². The van der Waals surface area contributed by atoms with Gasteiger partial charge in [-0.05, 0) is 49.7 Å². The van der Waals surface area contributed by atoms with E-state index in [0.717, 1.165) is 22.5 Å². The zero-order chi connectivity index (χ0) is 16.8. The predicted molar refractivity (Wildman–Crippen MR) is 93.8 cm³/mol. The standard InChI is InChI=1S/C19H20N2O2/c1-13-4-5-14(2)18(12-13)19(23)10-11-20-16-6-8-17(9-7-16)21-15(3)22/h4-12,20H,1-3H3,(H,21,22). The molecule has 0 unspecified atom stereocenters. The number of anilines is 2. The SMILES string of the molecule is CC(=O)Nc1ccc(NC=CC(=O)c2cc(C)ccc2C)cc1. The molecular formula is C19H20N2O2. The van der Waals surface area contributed by atoms with E-state index < -0.39 is 0 Å². The van der Waals surface area contributed by atoms with Crippen molar-refractivity contribution in [2.75, 3.05) is 10.6 Å². The Morgan fingerprint density at radius 3 is 2.26 bits per heavy atom. The van der Waals surface area contributed by atoms with Crippen LogP contribution >= 0.6 is 0 Å². The molecule has 0 aliphatic heterocycles. The number of aryl methyl sites for hydroxylation is 2. The second-order valence-electron chi connectivity index (χ2n) is 5.42. The maximum atomic E-state index is 12.2. The number of ketones is 1. The first-order valence-corrected chi connectivity index (χ1v) is 7.38. The van der Waals surface area contributed by atoms with Crippen LogP contribution in [0.2, 0.25) is 0 Å². The molecule has 0 aliphatic rings.